The van der Waals surface area contributed by atoms with Gasteiger partial charge in [-0.05, 0) is 35.4 Å². The predicted molar refractivity (Wildman–Crippen MR) is 232 cm³/mol. The lowest BCUT2D eigenvalue weighted by Crippen LogP contribution is -2.00. The van der Waals surface area contributed by atoms with Gasteiger partial charge in [0.05, 0.1) is 21.4 Å². The Kier molecular flexibility index (Phi) is 7.60. The van der Waals surface area contributed by atoms with Crippen LogP contribution in [0.15, 0.2) is 188 Å². The summed E-state index contributed by atoms with van der Waals surface area (Å²) in [7, 11) is 0. The van der Waals surface area contributed by atoms with Gasteiger partial charge in [0.2, 0.25) is 0 Å². The second-order valence-corrected chi connectivity index (χ2v) is 14.8. The molecular weight excluding hydrogens is 703 g/mol. The van der Waals surface area contributed by atoms with Crippen LogP contribution in [0.3, 0.4) is 0 Å². The Morgan fingerprint density at radius 1 is 0.375 bits per heavy atom. The second-order valence-electron chi connectivity index (χ2n) is 13.8. The Balaban J connectivity index is 1.07. The zero-order valence-corrected chi connectivity index (χ0v) is 30.9. The van der Waals surface area contributed by atoms with Crippen molar-refractivity contribution in [2.75, 3.05) is 0 Å². The van der Waals surface area contributed by atoms with Crippen molar-refractivity contribution in [3.8, 4) is 62.2 Å². The molecule has 0 spiro atoms. The van der Waals surface area contributed by atoms with Crippen LogP contribution >= 0.6 is 11.3 Å². The molecule has 7 aromatic carbocycles. The van der Waals surface area contributed by atoms with Gasteiger partial charge in [0.1, 0.15) is 4.83 Å². The van der Waals surface area contributed by atoms with Crippen molar-refractivity contribution in [3.05, 3.63) is 188 Å². The zero-order valence-electron chi connectivity index (χ0n) is 30.0. The first kappa shape index (κ1) is 32.2. The molecule has 5 nitrogen and oxygen atoms in total. The molecule has 0 aliphatic rings. The maximum atomic E-state index is 5.43. The monoisotopic (exact) mass is 733 g/mol. The lowest BCUT2D eigenvalue weighted by molar-refractivity contribution is 1.07. The molecular formula is C50H31N5S. The largest absolute Gasteiger partial charge is 0.301 e. The average molecular weight is 734 g/mol. The first-order valence-electron chi connectivity index (χ1n) is 18.6. The van der Waals surface area contributed by atoms with E-state index in [-0.39, 0.29) is 0 Å². The van der Waals surface area contributed by atoms with Gasteiger partial charge in [0.15, 0.2) is 17.5 Å². The first-order chi connectivity index (χ1) is 27.8. The van der Waals surface area contributed by atoms with Gasteiger partial charge in [-0.2, -0.15) is 0 Å². The van der Waals surface area contributed by atoms with E-state index in [1.54, 1.807) is 0 Å². The average Bonchev–Trinajstić information content (AvgIpc) is 3.82. The van der Waals surface area contributed by atoms with E-state index >= 15 is 0 Å². The number of nitrogens with zero attached hydrogens (tertiary/aromatic N) is 5. The van der Waals surface area contributed by atoms with Gasteiger partial charge < -0.3 is 4.57 Å². The van der Waals surface area contributed by atoms with Gasteiger partial charge >= 0.3 is 0 Å². The van der Waals surface area contributed by atoms with Crippen molar-refractivity contribution >= 4 is 53.4 Å². The minimum absolute atomic E-state index is 0.635. The van der Waals surface area contributed by atoms with Crippen LogP contribution in [0.25, 0.3) is 104 Å². The van der Waals surface area contributed by atoms with Gasteiger partial charge in [-0.25, -0.2) is 19.9 Å². The second kappa shape index (κ2) is 13.2. The molecule has 0 saturated carbocycles. The Bertz CT molecular complexity index is 3150. The van der Waals surface area contributed by atoms with E-state index in [9.17, 15) is 0 Å². The molecule has 4 heterocycles. The molecule has 4 aromatic heterocycles. The number of hydrogen-bond acceptors (Lipinski definition) is 5. The zero-order chi connectivity index (χ0) is 37.0. The number of pyridine rings is 1. The third kappa shape index (κ3) is 5.38. The fourth-order valence-corrected chi connectivity index (χ4v) is 9.18. The molecule has 11 rings (SSSR count). The van der Waals surface area contributed by atoms with E-state index in [4.69, 9.17) is 19.9 Å². The molecule has 6 heteroatoms. The van der Waals surface area contributed by atoms with Crippen molar-refractivity contribution in [2.24, 2.45) is 0 Å². The molecule has 0 radical (unpaired) electrons. The van der Waals surface area contributed by atoms with Crippen molar-refractivity contribution in [1.29, 1.82) is 0 Å². The normalized spacial score (nSPS) is 11.6. The third-order valence-corrected chi connectivity index (χ3v) is 11.6. The van der Waals surface area contributed by atoms with Crippen molar-refractivity contribution < 1.29 is 0 Å². The van der Waals surface area contributed by atoms with Gasteiger partial charge in [0, 0.05) is 49.5 Å². The molecule has 0 aliphatic heterocycles. The van der Waals surface area contributed by atoms with Crippen molar-refractivity contribution in [3.63, 3.8) is 0 Å². The van der Waals surface area contributed by atoms with E-state index in [1.165, 1.54) is 31.2 Å². The summed E-state index contributed by atoms with van der Waals surface area (Å²) < 4.78 is 3.60. The van der Waals surface area contributed by atoms with Crippen LogP contribution in [0.1, 0.15) is 0 Å². The van der Waals surface area contributed by atoms with E-state index in [0.29, 0.717) is 17.5 Å². The SMILES string of the molecule is c1ccc(-c2nc(-c3ccccc3)nc(-c3ccc(-c4ccc5c(c4)nc(-c4ccccc4)c4sc6c(c7ccccc7n6-c6ccccc6)c45)cc3)n2)cc1. The number of benzene rings is 7. The molecule has 0 N–H and O–H groups in total. The molecule has 262 valence electrons. The summed E-state index contributed by atoms with van der Waals surface area (Å²) in [5.74, 6) is 1.93. The quantitative estimate of drug-likeness (QED) is 0.171. The highest BCUT2D eigenvalue weighted by atomic mass is 32.1. The summed E-state index contributed by atoms with van der Waals surface area (Å²) in [5.41, 5.74) is 10.4. The van der Waals surface area contributed by atoms with Crippen LogP contribution in [0.2, 0.25) is 0 Å². The Hall–Kier alpha value is -7.28. The van der Waals surface area contributed by atoms with Crippen LogP contribution in [0.5, 0.6) is 0 Å². The van der Waals surface area contributed by atoms with Crippen molar-refractivity contribution in [1.82, 2.24) is 24.5 Å². The summed E-state index contributed by atoms with van der Waals surface area (Å²) in [6.45, 7) is 0. The minimum atomic E-state index is 0.635. The Morgan fingerprint density at radius 2 is 0.875 bits per heavy atom. The lowest BCUT2D eigenvalue weighted by Gasteiger charge is -2.11. The van der Waals surface area contributed by atoms with Crippen LogP contribution in [0, 0.1) is 0 Å². The van der Waals surface area contributed by atoms with Crippen LogP contribution in [-0.4, -0.2) is 24.5 Å². The van der Waals surface area contributed by atoms with E-state index < -0.39 is 0 Å². The lowest BCUT2D eigenvalue weighted by atomic mass is 9.98. The van der Waals surface area contributed by atoms with Crippen LogP contribution < -0.4 is 0 Å². The Morgan fingerprint density at radius 3 is 1.50 bits per heavy atom. The van der Waals surface area contributed by atoms with E-state index in [1.807, 2.05) is 72.0 Å². The number of para-hydroxylation sites is 2. The molecule has 0 saturated heterocycles. The minimum Gasteiger partial charge on any atom is -0.301 e. The molecule has 0 fully saturated rings. The van der Waals surface area contributed by atoms with Gasteiger partial charge in [-0.1, -0.05) is 164 Å². The van der Waals surface area contributed by atoms with Crippen molar-refractivity contribution in [2.45, 2.75) is 0 Å². The highest BCUT2D eigenvalue weighted by molar-refractivity contribution is 7.26. The molecule has 0 unspecified atom stereocenters. The highest BCUT2D eigenvalue weighted by Crippen LogP contribution is 2.48. The highest BCUT2D eigenvalue weighted by Gasteiger charge is 2.23. The molecule has 0 bridgehead atoms. The van der Waals surface area contributed by atoms with Gasteiger partial charge in [-0.3, -0.25) is 0 Å². The van der Waals surface area contributed by atoms with Crippen LogP contribution in [0.4, 0.5) is 0 Å². The summed E-state index contributed by atoms with van der Waals surface area (Å²) in [6.07, 6.45) is 0. The topological polar surface area (TPSA) is 56.5 Å². The third-order valence-electron chi connectivity index (χ3n) is 10.5. The Labute approximate surface area is 326 Å². The fourth-order valence-electron chi connectivity index (χ4n) is 7.80. The number of rotatable bonds is 6. The maximum absolute atomic E-state index is 5.43. The summed E-state index contributed by atoms with van der Waals surface area (Å²) >= 11 is 1.83. The smallest absolute Gasteiger partial charge is 0.164 e. The predicted octanol–water partition coefficient (Wildman–Crippen LogP) is 13.1. The van der Waals surface area contributed by atoms with Gasteiger partial charge in [0.25, 0.3) is 0 Å². The van der Waals surface area contributed by atoms with E-state index in [0.717, 1.165) is 55.7 Å². The molecule has 0 amide bonds. The molecule has 0 aliphatic carbocycles. The van der Waals surface area contributed by atoms with E-state index in [2.05, 4.69) is 132 Å². The fraction of sp³-hybridized carbons (Fsp3) is 0. The number of hydrogen-bond donors (Lipinski definition) is 0. The standard InChI is InChI=1S/C50H31N5S/c1-5-15-33(16-6-1)45-46-43(44-40-23-13-14-24-42(40)55(50(44)56-46)38-21-11-4-12-22-38)39-30-29-37(31-41(39)51-45)32-25-27-36(28-26-32)49-53-47(34-17-7-2-8-18-34)52-48(54-49)35-19-9-3-10-20-35/h1-31H. The molecule has 56 heavy (non-hydrogen) atoms. The number of fused-ring (bicyclic) bond motifs is 7. The number of aromatic nitrogens is 5. The molecule has 0 atom stereocenters. The summed E-state index contributed by atoms with van der Waals surface area (Å²) in [5, 5.41) is 4.91. The summed E-state index contributed by atoms with van der Waals surface area (Å²) in [6, 6.07) is 65.4. The summed E-state index contributed by atoms with van der Waals surface area (Å²) in [4.78, 5) is 21.4. The molecule has 11 aromatic rings. The maximum Gasteiger partial charge on any atom is 0.164 e. The first-order valence-corrected chi connectivity index (χ1v) is 19.5. The van der Waals surface area contributed by atoms with Gasteiger partial charge in [-0.15, -0.1) is 11.3 Å². The number of thiophene rings is 1. The van der Waals surface area contributed by atoms with Crippen LogP contribution in [-0.2, 0) is 0 Å².